The second-order valence-electron chi connectivity index (χ2n) is 3.75. The minimum Gasteiger partial charge on any atom is -0.488 e. The van der Waals surface area contributed by atoms with E-state index in [1.165, 1.54) is 0 Å². The van der Waals surface area contributed by atoms with E-state index in [4.69, 9.17) is 22.1 Å². The molecule has 2 N–H and O–H groups in total. The van der Waals surface area contributed by atoms with Gasteiger partial charge in [0.2, 0.25) is 0 Å². The quantitative estimate of drug-likeness (QED) is 0.782. The molecule has 0 aliphatic heterocycles. The average molecular weight is 214 g/mol. The van der Waals surface area contributed by atoms with E-state index in [0.717, 1.165) is 0 Å². The lowest BCUT2D eigenvalue weighted by atomic mass is 10.1. The summed E-state index contributed by atoms with van der Waals surface area (Å²) in [5.41, 5.74) is 6.35. The van der Waals surface area contributed by atoms with Gasteiger partial charge in [0, 0.05) is 5.02 Å². The van der Waals surface area contributed by atoms with Gasteiger partial charge in [-0.3, -0.25) is 0 Å². The van der Waals surface area contributed by atoms with Crippen LogP contribution in [0, 0.1) is 5.92 Å². The van der Waals surface area contributed by atoms with Crippen LogP contribution in [-0.2, 0) is 0 Å². The highest BCUT2D eigenvalue weighted by Crippen LogP contribution is 2.26. The summed E-state index contributed by atoms with van der Waals surface area (Å²) in [6.07, 6.45) is 0.151. The molecule has 0 aliphatic carbocycles. The largest absolute Gasteiger partial charge is 0.488 e. The standard InChI is InChI=1S/C11H16ClNO/c1-7(2)8(3)14-11-5-4-9(12)6-10(11)13/h4-8H,13H2,1-3H3. The molecule has 0 heterocycles. The number of benzene rings is 1. The Hall–Kier alpha value is -0.890. The Labute approximate surface area is 90.0 Å². The Morgan fingerprint density at radius 2 is 1.93 bits per heavy atom. The molecule has 14 heavy (non-hydrogen) atoms. The second-order valence-corrected chi connectivity index (χ2v) is 4.19. The summed E-state index contributed by atoms with van der Waals surface area (Å²) in [4.78, 5) is 0. The van der Waals surface area contributed by atoms with E-state index >= 15 is 0 Å². The van der Waals surface area contributed by atoms with Gasteiger partial charge in [0.25, 0.3) is 0 Å². The van der Waals surface area contributed by atoms with E-state index < -0.39 is 0 Å². The van der Waals surface area contributed by atoms with E-state index in [2.05, 4.69) is 13.8 Å². The molecule has 0 spiro atoms. The first kappa shape index (κ1) is 11.2. The third-order valence-electron chi connectivity index (χ3n) is 2.22. The first-order chi connectivity index (χ1) is 6.50. The number of hydrogen-bond donors (Lipinski definition) is 1. The van der Waals surface area contributed by atoms with Gasteiger partial charge in [0.05, 0.1) is 11.8 Å². The van der Waals surface area contributed by atoms with Gasteiger partial charge in [-0.05, 0) is 31.0 Å². The average Bonchev–Trinajstić information content (AvgIpc) is 2.09. The van der Waals surface area contributed by atoms with Crippen molar-refractivity contribution in [3.63, 3.8) is 0 Å². The molecule has 0 aliphatic rings. The Kier molecular flexibility index (Phi) is 3.64. The van der Waals surface area contributed by atoms with Crippen molar-refractivity contribution in [1.29, 1.82) is 0 Å². The lowest BCUT2D eigenvalue weighted by Gasteiger charge is -2.19. The van der Waals surface area contributed by atoms with Crippen molar-refractivity contribution in [2.75, 3.05) is 5.73 Å². The van der Waals surface area contributed by atoms with Gasteiger partial charge >= 0.3 is 0 Å². The normalized spacial score (nSPS) is 12.9. The summed E-state index contributed by atoms with van der Waals surface area (Å²) in [6.45, 7) is 6.24. The topological polar surface area (TPSA) is 35.2 Å². The van der Waals surface area contributed by atoms with E-state index in [-0.39, 0.29) is 6.10 Å². The summed E-state index contributed by atoms with van der Waals surface area (Å²) in [6, 6.07) is 5.28. The van der Waals surface area contributed by atoms with Crippen LogP contribution < -0.4 is 10.5 Å². The molecule has 0 saturated heterocycles. The minimum absolute atomic E-state index is 0.151. The van der Waals surface area contributed by atoms with Gasteiger partial charge < -0.3 is 10.5 Å². The number of hydrogen-bond acceptors (Lipinski definition) is 2. The lowest BCUT2D eigenvalue weighted by Crippen LogP contribution is -2.19. The maximum absolute atomic E-state index is 5.78. The van der Waals surface area contributed by atoms with Gasteiger partial charge in [-0.25, -0.2) is 0 Å². The molecule has 0 saturated carbocycles. The minimum atomic E-state index is 0.151. The van der Waals surface area contributed by atoms with Gasteiger partial charge in [0.15, 0.2) is 0 Å². The molecule has 1 rings (SSSR count). The predicted octanol–water partition coefficient (Wildman–Crippen LogP) is 3.35. The molecule has 2 nitrogen and oxygen atoms in total. The molecule has 0 aromatic heterocycles. The fourth-order valence-electron chi connectivity index (χ4n) is 0.963. The molecule has 1 atom stereocenters. The molecule has 78 valence electrons. The molecule has 1 aromatic rings. The molecule has 1 aromatic carbocycles. The van der Waals surface area contributed by atoms with Crippen LogP contribution in [0.4, 0.5) is 5.69 Å². The SMILES string of the molecule is CC(C)C(C)Oc1ccc(Cl)cc1N. The maximum Gasteiger partial charge on any atom is 0.142 e. The van der Waals surface area contributed by atoms with Crippen molar-refractivity contribution in [1.82, 2.24) is 0 Å². The second kappa shape index (κ2) is 4.56. The predicted molar refractivity (Wildman–Crippen MR) is 60.8 cm³/mol. The number of nitrogens with two attached hydrogens (primary N) is 1. The molecule has 1 unspecified atom stereocenters. The number of ether oxygens (including phenoxy) is 1. The fourth-order valence-corrected chi connectivity index (χ4v) is 1.14. The monoisotopic (exact) mass is 213 g/mol. The maximum atomic E-state index is 5.78. The first-order valence-electron chi connectivity index (χ1n) is 4.72. The summed E-state index contributed by atoms with van der Waals surface area (Å²) in [7, 11) is 0. The van der Waals surface area contributed by atoms with Gasteiger partial charge in [-0.2, -0.15) is 0 Å². The number of anilines is 1. The van der Waals surface area contributed by atoms with Crippen molar-refractivity contribution in [3.8, 4) is 5.75 Å². The van der Waals surface area contributed by atoms with E-state index in [1.807, 2.05) is 6.92 Å². The van der Waals surface area contributed by atoms with E-state index in [0.29, 0.717) is 22.4 Å². The highest BCUT2D eigenvalue weighted by molar-refractivity contribution is 6.30. The Balaban J connectivity index is 2.77. The number of nitrogen functional groups attached to an aromatic ring is 1. The number of rotatable bonds is 3. The third-order valence-corrected chi connectivity index (χ3v) is 2.46. The zero-order valence-corrected chi connectivity index (χ0v) is 9.51. The van der Waals surface area contributed by atoms with Gasteiger partial charge in [-0.1, -0.05) is 25.4 Å². The molecule has 0 fully saturated rings. The summed E-state index contributed by atoms with van der Waals surface area (Å²) >= 11 is 5.78. The Morgan fingerprint density at radius 3 is 2.43 bits per heavy atom. The van der Waals surface area contributed by atoms with Crippen LogP contribution in [0.3, 0.4) is 0 Å². The Morgan fingerprint density at radius 1 is 1.29 bits per heavy atom. The number of halogens is 1. The van der Waals surface area contributed by atoms with Crippen molar-refractivity contribution >= 4 is 17.3 Å². The summed E-state index contributed by atoms with van der Waals surface area (Å²) in [5, 5.41) is 0.632. The van der Waals surface area contributed by atoms with Crippen molar-refractivity contribution in [2.45, 2.75) is 26.9 Å². The van der Waals surface area contributed by atoms with Crippen LogP contribution in [0.15, 0.2) is 18.2 Å². The molecule has 0 bridgehead atoms. The highest BCUT2D eigenvalue weighted by atomic mass is 35.5. The van der Waals surface area contributed by atoms with Crippen LogP contribution in [-0.4, -0.2) is 6.10 Å². The van der Waals surface area contributed by atoms with E-state index in [9.17, 15) is 0 Å². The van der Waals surface area contributed by atoms with Crippen LogP contribution >= 0.6 is 11.6 Å². The summed E-state index contributed by atoms with van der Waals surface area (Å²) in [5.74, 6) is 1.17. The molecule has 0 amide bonds. The van der Waals surface area contributed by atoms with Gasteiger partial charge in [0.1, 0.15) is 5.75 Å². The first-order valence-corrected chi connectivity index (χ1v) is 5.10. The molecular formula is C11H16ClNO. The Bertz CT molecular complexity index is 312. The molecule has 3 heteroatoms. The van der Waals surface area contributed by atoms with Gasteiger partial charge in [-0.15, -0.1) is 0 Å². The van der Waals surface area contributed by atoms with Crippen molar-refractivity contribution in [2.24, 2.45) is 5.92 Å². The fraction of sp³-hybridized carbons (Fsp3) is 0.455. The highest BCUT2D eigenvalue weighted by Gasteiger charge is 2.10. The summed E-state index contributed by atoms with van der Waals surface area (Å²) < 4.78 is 5.68. The van der Waals surface area contributed by atoms with Crippen LogP contribution in [0.25, 0.3) is 0 Å². The smallest absolute Gasteiger partial charge is 0.142 e. The lowest BCUT2D eigenvalue weighted by molar-refractivity contribution is 0.171. The van der Waals surface area contributed by atoms with Crippen molar-refractivity contribution < 1.29 is 4.74 Å². The molecule has 0 radical (unpaired) electrons. The zero-order valence-electron chi connectivity index (χ0n) is 8.75. The van der Waals surface area contributed by atoms with Crippen molar-refractivity contribution in [3.05, 3.63) is 23.2 Å². The zero-order chi connectivity index (χ0) is 10.7. The van der Waals surface area contributed by atoms with E-state index in [1.54, 1.807) is 18.2 Å². The van der Waals surface area contributed by atoms with Crippen LogP contribution in [0.2, 0.25) is 5.02 Å². The molecular weight excluding hydrogens is 198 g/mol. The van der Waals surface area contributed by atoms with Crippen LogP contribution in [0.5, 0.6) is 5.75 Å². The van der Waals surface area contributed by atoms with Crippen LogP contribution in [0.1, 0.15) is 20.8 Å². The third kappa shape index (κ3) is 2.81.